The lowest BCUT2D eigenvalue weighted by Gasteiger charge is -2.06. The lowest BCUT2D eigenvalue weighted by Crippen LogP contribution is -1.97. The second-order valence-electron chi connectivity index (χ2n) is 10.8. The third-order valence-corrected chi connectivity index (χ3v) is 7.34. The zero-order chi connectivity index (χ0) is 29.8. The van der Waals surface area contributed by atoms with Crippen LogP contribution in [0.1, 0.15) is 87.8 Å². The van der Waals surface area contributed by atoms with Crippen molar-refractivity contribution in [2.45, 2.75) is 71.1 Å². The first kappa shape index (κ1) is 31.4. The van der Waals surface area contributed by atoms with Gasteiger partial charge in [0.05, 0.1) is 12.3 Å². The number of ether oxygens (including phenoxy) is 1. The molecule has 2 nitrogen and oxygen atoms in total. The molecule has 0 amide bonds. The van der Waals surface area contributed by atoms with Crippen LogP contribution in [-0.2, 0) is 0 Å². The maximum Gasteiger partial charge on any atom is 0.119 e. The number of benzene rings is 4. The van der Waals surface area contributed by atoms with Gasteiger partial charge in [0.25, 0.3) is 0 Å². The predicted molar refractivity (Wildman–Crippen MR) is 183 cm³/mol. The van der Waals surface area contributed by atoms with Crippen LogP contribution in [0.15, 0.2) is 108 Å². The second-order valence-corrected chi connectivity index (χ2v) is 10.8. The summed E-state index contributed by atoms with van der Waals surface area (Å²) in [7, 11) is 0. The molecule has 2 heteroatoms. The number of unbranched alkanes of at least 4 members (excludes halogenated alkanes) is 9. The van der Waals surface area contributed by atoms with Crippen molar-refractivity contribution in [3.63, 3.8) is 0 Å². The lowest BCUT2D eigenvalue weighted by atomic mass is 10.0. The largest absolute Gasteiger partial charge is 0.494 e. The Kier molecular flexibility index (Phi) is 13.7. The maximum atomic E-state index is 5.93. The number of rotatable bonds is 15. The van der Waals surface area contributed by atoms with Crippen LogP contribution in [0, 0.1) is 23.7 Å². The summed E-state index contributed by atoms with van der Waals surface area (Å²) in [5.74, 6) is 13.1. The van der Waals surface area contributed by atoms with Gasteiger partial charge in [0.2, 0.25) is 0 Å². The minimum Gasteiger partial charge on any atom is -0.494 e. The van der Waals surface area contributed by atoms with Crippen LogP contribution in [0.25, 0.3) is 11.1 Å². The predicted octanol–water partition coefficient (Wildman–Crippen LogP) is 10.8. The number of aliphatic imine (C=N–C) groups is 1. The SMILES string of the molecule is CCCCCCCCCCCCOc1ccc(C=Nc2ccc(C#CC#Cc3ccc(-c4ccccc4)cc3)cc2)cc1. The molecular weight excluding hydrogens is 522 g/mol. The summed E-state index contributed by atoms with van der Waals surface area (Å²) < 4.78 is 5.93. The minimum atomic E-state index is 0.784. The van der Waals surface area contributed by atoms with E-state index in [9.17, 15) is 0 Å². The van der Waals surface area contributed by atoms with E-state index in [0.717, 1.165) is 41.2 Å². The Morgan fingerprint density at radius 1 is 0.558 bits per heavy atom. The molecule has 0 radical (unpaired) electrons. The number of nitrogens with zero attached hydrogens (tertiary/aromatic N) is 1. The zero-order valence-corrected chi connectivity index (χ0v) is 25.5. The molecule has 218 valence electrons. The van der Waals surface area contributed by atoms with Gasteiger partial charge in [-0.1, -0.05) is 119 Å². The standard InChI is InChI=1S/C41H43NO/c1-2-3-4-5-6-7-8-9-10-16-33-43-41-31-25-37(26-32-41)34-42-40-29-23-36(24-30-40)18-15-14-17-35-21-27-39(28-22-35)38-19-12-11-13-20-38/h11-13,19-32,34H,2-10,16,33H2,1H3. The van der Waals surface area contributed by atoms with Crippen LogP contribution in [0.5, 0.6) is 5.75 Å². The minimum absolute atomic E-state index is 0.784. The van der Waals surface area contributed by atoms with Gasteiger partial charge in [0.15, 0.2) is 0 Å². The number of hydrogen-bond donors (Lipinski definition) is 0. The molecular formula is C41H43NO. The topological polar surface area (TPSA) is 21.6 Å². The fourth-order valence-electron chi connectivity index (χ4n) is 4.79. The van der Waals surface area contributed by atoms with Gasteiger partial charge in [0, 0.05) is 17.3 Å². The van der Waals surface area contributed by atoms with Gasteiger partial charge in [0.1, 0.15) is 5.75 Å². The van der Waals surface area contributed by atoms with E-state index < -0.39 is 0 Å². The molecule has 0 atom stereocenters. The van der Waals surface area contributed by atoms with Crippen molar-refractivity contribution in [3.8, 4) is 40.6 Å². The Hall–Kier alpha value is -4.53. The van der Waals surface area contributed by atoms with Crippen LogP contribution in [0.2, 0.25) is 0 Å². The average Bonchev–Trinajstić information content (AvgIpc) is 3.06. The molecule has 4 aromatic rings. The fraction of sp³-hybridized carbons (Fsp3) is 0.293. The Balaban J connectivity index is 1.14. The van der Waals surface area contributed by atoms with Gasteiger partial charge in [-0.05, 0) is 95.6 Å². The molecule has 0 fully saturated rings. The van der Waals surface area contributed by atoms with Crippen molar-refractivity contribution < 1.29 is 4.74 Å². The van der Waals surface area contributed by atoms with Crippen LogP contribution in [0.4, 0.5) is 5.69 Å². The molecule has 0 heterocycles. The Bertz CT molecular complexity index is 1490. The van der Waals surface area contributed by atoms with Crippen molar-refractivity contribution in [3.05, 3.63) is 120 Å². The van der Waals surface area contributed by atoms with Crippen LogP contribution in [0.3, 0.4) is 0 Å². The Morgan fingerprint density at radius 3 is 1.70 bits per heavy atom. The molecule has 4 aromatic carbocycles. The third kappa shape index (κ3) is 12.1. The second kappa shape index (κ2) is 18.8. The summed E-state index contributed by atoms with van der Waals surface area (Å²) in [4.78, 5) is 4.60. The first-order chi connectivity index (χ1) is 21.3. The molecule has 0 aliphatic rings. The van der Waals surface area contributed by atoms with Gasteiger partial charge in [-0.25, -0.2) is 0 Å². The summed E-state index contributed by atoms with van der Waals surface area (Å²) in [6.45, 7) is 3.06. The van der Waals surface area contributed by atoms with E-state index in [-0.39, 0.29) is 0 Å². The van der Waals surface area contributed by atoms with Crippen molar-refractivity contribution in [2.24, 2.45) is 4.99 Å². The lowest BCUT2D eigenvalue weighted by molar-refractivity contribution is 0.304. The maximum absolute atomic E-state index is 5.93. The van der Waals surface area contributed by atoms with E-state index in [1.54, 1.807) is 0 Å². The van der Waals surface area contributed by atoms with E-state index in [1.165, 1.54) is 68.9 Å². The molecule has 0 spiro atoms. The molecule has 43 heavy (non-hydrogen) atoms. The Labute approximate surface area is 259 Å². The summed E-state index contributed by atoms with van der Waals surface area (Å²) >= 11 is 0. The first-order valence-electron chi connectivity index (χ1n) is 15.8. The summed E-state index contributed by atoms with van der Waals surface area (Å²) in [6.07, 6.45) is 15.2. The molecule has 4 rings (SSSR count). The summed E-state index contributed by atoms with van der Waals surface area (Å²) in [5.41, 5.74) is 6.18. The molecule has 0 aliphatic carbocycles. The summed E-state index contributed by atoms with van der Waals surface area (Å²) in [6, 6.07) is 34.6. The van der Waals surface area contributed by atoms with Crippen LogP contribution < -0.4 is 4.74 Å². The smallest absolute Gasteiger partial charge is 0.119 e. The van der Waals surface area contributed by atoms with Crippen LogP contribution in [-0.4, -0.2) is 12.8 Å². The quantitative estimate of drug-likeness (QED) is 0.0798. The van der Waals surface area contributed by atoms with Crippen molar-refractivity contribution in [2.75, 3.05) is 6.61 Å². The monoisotopic (exact) mass is 565 g/mol. The van der Waals surface area contributed by atoms with Gasteiger partial charge in [-0.3, -0.25) is 4.99 Å². The normalized spacial score (nSPS) is 10.5. The molecule has 0 saturated carbocycles. The first-order valence-corrected chi connectivity index (χ1v) is 15.8. The van der Waals surface area contributed by atoms with Crippen molar-refractivity contribution in [1.82, 2.24) is 0 Å². The van der Waals surface area contributed by atoms with Gasteiger partial charge >= 0.3 is 0 Å². The number of hydrogen-bond acceptors (Lipinski definition) is 2. The van der Waals surface area contributed by atoms with Crippen LogP contribution >= 0.6 is 0 Å². The molecule has 0 unspecified atom stereocenters. The molecule has 0 aromatic heterocycles. The van der Waals surface area contributed by atoms with E-state index in [2.05, 4.69) is 59.9 Å². The van der Waals surface area contributed by atoms with Gasteiger partial charge in [-0.15, -0.1) is 0 Å². The van der Waals surface area contributed by atoms with Gasteiger partial charge < -0.3 is 4.74 Å². The highest BCUT2D eigenvalue weighted by atomic mass is 16.5. The Morgan fingerprint density at radius 2 is 1.09 bits per heavy atom. The highest BCUT2D eigenvalue weighted by Gasteiger charge is 1.98. The highest BCUT2D eigenvalue weighted by Crippen LogP contribution is 2.19. The zero-order valence-electron chi connectivity index (χ0n) is 25.5. The third-order valence-electron chi connectivity index (χ3n) is 7.34. The van der Waals surface area contributed by atoms with Crippen molar-refractivity contribution >= 4 is 11.9 Å². The molecule has 0 bridgehead atoms. The molecule has 0 aliphatic heterocycles. The fourth-order valence-corrected chi connectivity index (χ4v) is 4.79. The molecule has 0 N–H and O–H groups in total. The highest BCUT2D eigenvalue weighted by molar-refractivity contribution is 5.82. The van der Waals surface area contributed by atoms with E-state index in [1.807, 2.05) is 85.1 Å². The van der Waals surface area contributed by atoms with Gasteiger partial charge in [-0.2, -0.15) is 0 Å². The molecule has 0 saturated heterocycles. The summed E-state index contributed by atoms with van der Waals surface area (Å²) in [5, 5.41) is 0. The van der Waals surface area contributed by atoms with E-state index in [0.29, 0.717) is 0 Å². The van der Waals surface area contributed by atoms with E-state index >= 15 is 0 Å². The van der Waals surface area contributed by atoms with E-state index in [4.69, 9.17) is 4.74 Å². The average molecular weight is 566 g/mol. The van der Waals surface area contributed by atoms with Crippen molar-refractivity contribution in [1.29, 1.82) is 0 Å².